The third-order valence-electron chi connectivity index (χ3n) is 5.66. The SMILES string of the molecule is C[N+](C)(C)Cc1ccc(Cc2ccc(Cc3ccc(Cc4ccc(C[N+](C)(C)C)[nH]4)[nH]3)[nH]2)[nH]1. The van der Waals surface area contributed by atoms with Crippen LogP contribution < -0.4 is 0 Å². The smallest absolute Gasteiger partial charge is 0.119 e. The quantitative estimate of drug-likeness (QED) is 0.263. The lowest BCUT2D eigenvalue weighted by atomic mass is 10.2. The Labute approximate surface area is 197 Å². The van der Waals surface area contributed by atoms with Crippen molar-refractivity contribution < 1.29 is 8.97 Å². The van der Waals surface area contributed by atoms with E-state index in [9.17, 15) is 0 Å². The second-order valence-corrected chi connectivity index (χ2v) is 11.5. The minimum atomic E-state index is 0.884. The van der Waals surface area contributed by atoms with Crippen LogP contribution in [0.2, 0.25) is 0 Å². The van der Waals surface area contributed by atoms with Gasteiger partial charge in [-0.3, -0.25) is 0 Å². The molecular weight excluding hydrogens is 408 g/mol. The molecule has 4 heterocycles. The Kier molecular flexibility index (Phi) is 6.41. The Balaban J connectivity index is 1.32. The first-order valence-corrected chi connectivity index (χ1v) is 11.8. The molecule has 0 radical (unpaired) electrons. The van der Waals surface area contributed by atoms with E-state index >= 15 is 0 Å². The normalized spacial score (nSPS) is 12.5. The van der Waals surface area contributed by atoms with Crippen LogP contribution in [0.1, 0.15) is 45.6 Å². The highest BCUT2D eigenvalue weighted by atomic mass is 15.3. The highest BCUT2D eigenvalue weighted by molar-refractivity contribution is 5.27. The van der Waals surface area contributed by atoms with Crippen LogP contribution in [-0.4, -0.2) is 71.2 Å². The number of H-pyrrole nitrogens is 4. The van der Waals surface area contributed by atoms with Crippen molar-refractivity contribution >= 4 is 0 Å². The van der Waals surface area contributed by atoms with Crippen molar-refractivity contribution in [3.8, 4) is 0 Å². The Morgan fingerprint density at radius 1 is 0.394 bits per heavy atom. The lowest BCUT2D eigenvalue weighted by Gasteiger charge is -2.22. The number of hydrogen-bond donors (Lipinski definition) is 4. The highest BCUT2D eigenvalue weighted by Crippen LogP contribution is 2.16. The minimum Gasteiger partial charge on any atom is -0.362 e. The molecule has 4 aromatic rings. The maximum Gasteiger partial charge on any atom is 0.119 e. The van der Waals surface area contributed by atoms with Gasteiger partial charge in [0.25, 0.3) is 0 Å². The van der Waals surface area contributed by atoms with Crippen LogP contribution in [-0.2, 0) is 32.4 Å². The van der Waals surface area contributed by atoms with Crippen molar-refractivity contribution in [1.82, 2.24) is 19.9 Å². The van der Waals surface area contributed by atoms with Gasteiger partial charge in [-0.05, 0) is 48.5 Å². The van der Waals surface area contributed by atoms with Gasteiger partial charge in [0.15, 0.2) is 0 Å². The lowest BCUT2D eigenvalue weighted by Crippen LogP contribution is -2.33. The molecule has 4 rings (SSSR count). The van der Waals surface area contributed by atoms with E-state index < -0.39 is 0 Å². The monoisotopic (exact) mass is 448 g/mol. The van der Waals surface area contributed by atoms with E-state index in [2.05, 4.69) is 111 Å². The Morgan fingerprint density at radius 3 is 0.848 bits per heavy atom. The zero-order chi connectivity index (χ0) is 23.6. The maximum absolute atomic E-state index is 3.60. The molecule has 0 spiro atoms. The predicted molar refractivity (Wildman–Crippen MR) is 135 cm³/mol. The van der Waals surface area contributed by atoms with Gasteiger partial charge in [-0.1, -0.05) is 0 Å². The van der Waals surface area contributed by atoms with E-state index in [0.717, 1.165) is 41.3 Å². The summed E-state index contributed by atoms with van der Waals surface area (Å²) in [4.78, 5) is 14.3. The molecular formula is C27H40N6+2. The molecule has 0 aliphatic rings. The maximum atomic E-state index is 3.60. The number of aromatic amines is 4. The van der Waals surface area contributed by atoms with Gasteiger partial charge < -0.3 is 28.9 Å². The molecule has 0 fully saturated rings. The van der Waals surface area contributed by atoms with Crippen molar-refractivity contribution in [3.63, 3.8) is 0 Å². The van der Waals surface area contributed by atoms with Crippen LogP contribution in [0.25, 0.3) is 0 Å². The second-order valence-electron chi connectivity index (χ2n) is 11.5. The van der Waals surface area contributed by atoms with Crippen LogP contribution in [0.4, 0.5) is 0 Å². The molecule has 0 aliphatic carbocycles. The summed E-state index contributed by atoms with van der Waals surface area (Å²) in [5.74, 6) is 0. The van der Waals surface area contributed by atoms with Crippen molar-refractivity contribution in [3.05, 3.63) is 94.1 Å². The Hall–Kier alpha value is -2.96. The third-order valence-corrected chi connectivity index (χ3v) is 5.66. The van der Waals surface area contributed by atoms with Crippen molar-refractivity contribution in [2.45, 2.75) is 32.4 Å². The molecule has 6 nitrogen and oxygen atoms in total. The molecule has 4 aromatic heterocycles. The lowest BCUT2D eigenvalue weighted by molar-refractivity contribution is -0.884. The summed E-state index contributed by atoms with van der Waals surface area (Å²) < 4.78 is 1.85. The van der Waals surface area contributed by atoms with Gasteiger partial charge in [0, 0.05) is 53.4 Å². The van der Waals surface area contributed by atoms with Crippen molar-refractivity contribution in [1.29, 1.82) is 0 Å². The van der Waals surface area contributed by atoms with Gasteiger partial charge in [0.2, 0.25) is 0 Å². The average Bonchev–Trinajstić information content (AvgIpc) is 3.45. The zero-order valence-electron chi connectivity index (χ0n) is 21.0. The summed E-state index contributed by atoms with van der Waals surface area (Å²) in [6.07, 6.45) is 2.68. The van der Waals surface area contributed by atoms with E-state index in [1.165, 1.54) is 45.6 Å². The van der Waals surface area contributed by atoms with Gasteiger partial charge in [0.1, 0.15) is 13.1 Å². The van der Waals surface area contributed by atoms with E-state index in [1.807, 2.05) is 0 Å². The first-order valence-electron chi connectivity index (χ1n) is 11.8. The van der Waals surface area contributed by atoms with Crippen LogP contribution >= 0.6 is 0 Å². The third kappa shape index (κ3) is 7.01. The van der Waals surface area contributed by atoms with Gasteiger partial charge in [-0.25, -0.2) is 0 Å². The zero-order valence-corrected chi connectivity index (χ0v) is 21.0. The molecule has 0 atom stereocenters. The van der Waals surface area contributed by atoms with E-state index in [1.54, 1.807) is 0 Å². The Bertz CT molecular complexity index is 1080. The number of quaternary nitrogens is 2. The van der Waals surface area contributed by atoms with E-state index in [0.29, 0.717) is 0 Å². The minimum absolute atomic E-state index is 0.884. The molecule has 0 amide bonds. The van der Waals surface area contributed by atoms with Crippen LogP contribution in [0.15, 0.2) is 48.5 Å². The fourth-order valence-corrected chi connectivity index (χ4v) is 4.40. The average molecular weight is 449 g/mol. The molecule has 4 N–H and O–H groups in total. The predicted octanol–water partition coefficient (Wildman–Crippen LogP) is 4.18. The van der Waals surface area contributed by atoms with Crippen molar-refractivity contribution in [2.24, 2.45) is 0 Å². The van der Waals surface area contributed by atoms with E-state index in [-0.39, 0.29) is 0 Å². The molecule has 0 saturated carbocycles. The number of hydrogen-bond acceptors (Lipinski definition) is 0. The molecule has 0 unspecified atom stereocenters. The van der Waals surface area contributed by atoms with Gasteiger partial charge in [-0.15, -0.1) is 0 Å². The fourth-order valence-electron chi connectivity index (χ4n) is 4.40. The van der Waals surface area contributed by atoms with Gasteiger partial charge in [0.05, 0.1) is 53.7 Å². The molecule has 176 valence electrons. The molecule has 0 aromatic carbocycles. The highest BCUT2D eigenvalue weighted by Gasteiger charge is 2.12. The first-order chi connectivity index (χ1) is 15.5. The van der Waals surface area contributed by atoms with Crippen LogP contribution in [0.5, 0.6) is 0 Å². The Morgan fingerprint density at radius 2 is 0.606 bits per heavy atom. The first kappa shape index (κ1) is 23.2. The second kappa shape index (κ2) is 9.12. The molecule has 0 saturated heterocycles. The van der Waals surface area contributed by atoms with Crippen LogP contribution in [0, 0.1) is 0 Å². The summed E-state index contributed by atoms with van der Waals surface area (Å²) in [7, 11) is 13.3. The topological polar surface area (TPSA) is 63.2 Å². The number of rotatable bonds is 10. The number of nitrogens with zero attached hydrogens (tertiary/aromatic N) is 2. The largest absolute Gasteiger partial charge is 0.362 e. The van der Waals surface area contributed by atoms with Crippen molar-refractivity contribution in [2.75, 3.05) is 42.3 Å². The van der Waals surface area contributed by atoms with Gasteiger partial charge in [-0.2, -0.15) is 0 Å². The molecule has 0 aliphatic heterocycles. The van der Waals surface area contributed by atoms with Crippen LogP contribution in [0.3, 0.4) is 0 Å². The van der Waals surface area contributed by atoms with Gasteiger partial charge >= 0.3 is 0 Å². The summed E-state index contributed by atoms with van der Waals surface area (Å²) in [5.41, 5.74) is 10.0. The molecule has 33 heavy (non-hydrogen) atoms. The number of aromatic nitrogens is 4. The van der Waals surface area contributed by atoms with E-state index in [4.69, 9.17) is 0 Å². The number of nitrogens with one attached hydrogen (secondary N) is 4. The summed E-state index contributed by atoms with van der Waals surface area (Å²) >= 11 is 0. The molecule has 6 heteroatoms. The molecule has 0 bridgehead atoms. The summed E-state index contributed by atoms with van der Waals surface area (Å²) in [5, 5.41) is 0. The fraction of sp³-hybridized carbons (Fsp3) is 0.407. The summed E-state index contributed by atoms with van der Waals surface area (Å²) in [6, 6.07) is 17.6. The summed E-state index contributed by atoms with van der Waals surface area (Å²) in [6.45, 7) is 2.01. The standard InChI is InChI=1S/C27H40N6/c1-32(2,3)18-26-13-11-24(30-26)16-22-9-7-20(28-22)15-21-8-10-23(29-21)17-25-12-14-27(31-25)19-33(4,5)6/h7-14,28-31H,15-19H2,1-6H3/q+2.